The van der Waals surface area contributed by atoms with Gasteiger partial charge in [0.15, 0.2) is 5.82 Å². The lowest BCUT2D eigenvalue weighted by Crippen LogP contribution is -2.43. The number of nitrogen functional groups attached to an aromatic ring is 1. The molecular weight excluding hydrogens is 254 g/mol. The molecule has 1 aromatic heterocycles. The molecule has 0 aliphatic carbocycles. The van der Waals surface area contributed by atoms with E-state index in [4.69, 9.17) is 10.5 Å². The maximum absolute atomic E-state index is 6.13. The van der Waals surface area contributed by atoms with Crippen molar-refractivity contribution in [2.45, 2.75) is 32.7 Å². The zero-order chi connectivity index (χ0) is 14.5. The van der Waals surface area contributed by atoms with Gasteiger partial charge in [-0.05, 0) is 26.3 Å². The molecule has 0 bridgehead atoms. The summed E-state index contributed by atoms with van der Waals surface area (Å²) in [7, 11) is 2.06. The molecule has 1 aliphatic heterocycles. The second-order valence-corrected chi connectivity index (χ2v) is 5.13. The van der Waals surface area contributed by atoms with E-state index in [0.29, 0.717) is 24.2 Å². The molecule has 1 aliphatic rings. The SMILES string of the molecule is CCOc1ncnc(N(C)C2CCN(CC)CC2)c1N. The van der Waals surface area contributed by atoms with Gasteiger partial charge in [0.2, 0.25) is 5.88 Å². The van der Waals surface area contributed by atoms with E-state index < -0.39 is 0 Å². The van der Waals surface area contributed by atoms with Crippen molar-refractivity contribution in [2.75, 3.05) is 43.9 Å². The zero-order valence-corrected chi connectivity index (χ0v) is 12.7. The number of hydrogen-bond acceptors (Lipinski definition) is 6. The normalized spacial score (nSPS) is 17.1. The van der Waals surface area contributed by atoms with Crippen molar-refractivity contribution in [2.24, 2.45) is 0 Å². The van der Waals surface area contributed by atoms with Gasteiger partial charge >= 0.3 is 0 Å². The van der Waals surface area contributed by atoms with Crippen LogP contribution in [0.3, 0.4) is 0 Å². The Morgan fingerprint density at radius 1 is 1.35 bits per heavy atom. The molecule has 6 nitrogen and oxygen atoms in total. The third-order valence-corrected chi connectivity index (χ3v) is 3.99. The predicted molar refractivity (Wildman–Crippen MR) is 81.2 cm³/mol. The minimum Gasteiger partial charge on any atom is -0.476 e. The topological polar surface area (TPSA) is 67.5 Å². The van der Waals surface area contributed by atoms with Gasteiger partial charge in [-0.15, -0.1) is 0 Å². The van der Waals surface area contributed by atoms with Crippen LogP contribution < -0.4 is 15.4 Å². The molecule has 2 N–H and O–H groups in total. The fourth-order valence-electron chi connectivity index (χ4n) is 2.70. The molecule has 1 aromatic rings. The second kappa shape index (κ2) is 6.74. The first-order valence-electron chi connectivity index (χ1n) is 7.35. The minimum atomic E-state index is 0.476. The van der Waals surface area contributed by atoms with Crippen LogP contribution in [0.25, 0.3) is 0 Å². The standard InChI is InChI=1S/C14H25N5O/c1-4-19-8-6-11(7-9-19)18(3)13-12(15)14(20-5-2)17-10-16-13/h10-11H,4-9,15H2,1-3H3. The Bertz CT molecular complexity index is 432. The first kappa shape index (κ1) is 14.8. The van der Waals surface area contributed by atoms with Crippen molar-refractivity contribution in [3.8, 4) is 5.88 Å². The van der Waals surface area contributed by atoms with Crippen LogP contribution in [0.5, 0.6) is 5.88 Å². The number of aromatic nitrogens is 2. The lowest BCUT2D eigenvalue weighted by Gasteiger charge is -2.37. The number of piperidine rings is 1. The third kappa shape index (κ3) is 3.12. The number of anilines is 2. The second-order valence-electron chi connectivity index (χ2n) is 5.13. The van der Waals surface area contributed by atoms with Crippen molar-refractivity contribution in [3.05, 3.63) is 6.33 Å². The smallest absolute Gasteiger partial charge is 0.242 e. The highest BCUT2D eigenvalue weighted by Crippen LogP contribution is 2.30. The van der Waals surface area contributed by atoms with Crippen LogP contribution in [0.2, 0.25) is 0 Å². The molecule has 2 heterocycles. The maximum atomic E-state index is 6.13. The third-order valence-electron chi connectivity index (χ3n) is 3.99. The summed E-state index contributed by atoms with van der Waals surface area (Å²) in [5.74, 6) is 1.26. The van der Waals surface area contributed by atoms with Crippen LogP contribution in [-0.4, -0.2) is 54.2 Å². The Labute approximate surface area is 120 Å². The molecule has 0 radical (unpaired) electrons. The Balaban J connectivity index is 2.09. The van der Waals surface area contributed by atoms with Gasteiger partial charge in [-0.3, -0.25) is 0 Å². The first-order chi connectivity index (χ1) is 9.67. The molecule has 2 rings (SSSR count). The number of nitrogens with zero attached hydrogens (tertiary/aromatic N) is 4. The predicted octanol–water partition coefficient (Wildman–Crippen LogP) is 1.38. The zero-order valence-electron chi connectivity index (χ0n) is 12.7. The van der Waals surface area contributed by atoms with Crippen molar-refractivity contribution in [3.63, 3.8) is 0 Å². The van der Waals surface area contributed by atoms with Crippen LogP contribution in [0.1, 0.15) is 26.7 Å². The number of rotatable bonds is 5. The Morgan fingerprint density at radius 2 is 2.05 bits per heavy atom. The molecule has 0 spiro atoms. The highest BCUT2D eigenvalue weighted by Gasteiger charge is 2.24. The van der Waals surface area contributed by atoms with Crippen LogP contribution >= 0.6 is 0 Å². The van der Waals surface area contributed by atoms with E-state index in [1.807, 2.05) is 6.92 Å². The Kier molecular flexibility index (Phi) is 5.00. The summed E-state index contributed by atoms with van der Waals surface area (Å²) in [6.45, 7) is 8.08. The average Bonchev–Trinajstić information content (AvgIpc) is 2.49. The average molecular weight is 279 g/mol. The summed E-state index contributed by atoms with van der Waals surface area (Å²) >= 11 is 0. The van der Waals surface area contributed by atoms with E-state index >= 15 is 0 Å². The number of likely N-dealkylation sites (tertiary alicyclic amines) is 1. The van der Waals surface area contributed by atoms with Gasteiger partial charge in [-0.2, -0.15) is 4.98 Å². The summed E-state index contributed by atoms with van der Waals surface area (Å²) in [5.41, 5.74) is 6.67. The fraction of sp³-hybridized carbons (Fsp3) is 0.714. The Morgan fingerprint density at radius 3 is 2.65 bits per heavy atom. The Hall–Kier alpha value is -1.56. The summed E-state index contributed by atoms with van der Waals surface area (Å²) < 4.78 is 5.44. The van der Waals surface area contributed by atoms with Crippen LogP contribution in [0.4, 0.5) is 11.5 Å². The number of nitrogens with two attached hydrogens (primary N) is 1. The monoisotopic (exact) mass is 279 g/mol. The maximum Gasteiger partial charge on any atom is 0.242 e. The van der Waals surface area contributed by atoms with E-state index in [-0.39, 0.29) is 0 Å². The molecule has 1 saturated heterocycles. The molecular formula is C14H25N5O. The first-order valence-corrected chi connectivity index (χ1v) is 7.35. The van der Waals surface area contributed by atoms with Gasteiger partial charge in [-0.25, -0.2) is 4.98 Å². The summed E-state index contributed by atoms with van der Waals surface area (Å²) in [6.07, 6.45) is 3.80. The lowest BCUT2D eigenvalue weighted by atomic mass is 10.0. The van der Waals surface area contributed by atoms with E-state index in [1.165, 1.54) is 6.33 Å². The van der Waals surface area contributed by atoms with Crippen molar-refractivity contribution >= 4 is 11.5 Å². The van der Waals surface area contributed by atoms with E-state index in [0.717, 1.165) is 38.3 Å². The van der Waals surface area contributed by atoms with Gasteiger partial charge < -0.3 is 20.3 Å². The highest BCUT2D eigenvalue weighted by molar-refractivity contribution is 5.67. The molecule has 0 amide bonds. The minimum absolute atomic E-state index is 0.476. The van der Waals surface area contributed by atoms with Crippen molar-refractivity contribution in [1.82, 2.24) is 14.9 Å². The van der Waals surface area contributed by atoms with Crippen LogP contribution in [0, 0.1) is 0 Å². The fourth-order valence-corrected chi connectivity index (χ4v) is 2.70. The molecule has 112 valence electrons. The van der Waals surface area contributed by atoms with E-state index in [9.17, 15) is 0 Å². The summed E-state index contributed by atoms with van der Waals surface area (Å²) in [4.78, 5) is 13.1. The van der Waals surface area contributed by atoms with Gasteiger partial charge in [0, 0.05) is 26.2 Å². The summed E-state index contributed by atoms with van der Waals surface area (Å²) in [6, 6.07) is 0.476. The largest absolute Gasteiger partial charge is 0.476 e. The quantitative estimate of drug-likeness (QED) is 0.878. The molecule has 0 unspecified atom stereocenters. The molecule has 0 saturated carbocycles. The molecule has 20 heavy (non-hydrogen) atoms. The molecule has 0 atom stereocenters. The molecule has 1 fully saturated rings. The molecule has 0 aromatic carbocycles. The van der Waals surface area contributed by atoms with E-state index in [2.05, 4.69) is 33.7 Å². The highest BCUT2D eigenvalue weighted by atomic mass is 16.5. The van der Waals surface area contributed by atoms with Crippen molar-refractivity contribution in [1.29, 1.82) is 0 Å². The lowest BCUT2D eigenvalue weighted by molar-refractivity contribution is 0.220. The van der Waals surface area contributed by atoms with E-state index in [1.54, 1.807) is 0 Å². The van der Waals surface area contributed by atoms with Crippen LogP contribution in [-0.2, 0) is 0 Å². The molecule has 6 heteroatoms. The van der Waals surface area contributed by atoms with Crippen molar-refractivity contribution < 1.29 is 4.74 Å². The number of ether oxygens (including phenoxy) is 1. The van der Waals surface area contributed by atoms with Gasteiger partial charge in [-0.1, -0.05) is 6.92 Å². The summed E-state index contributed by atoms with van der Waals surface area (Å²) in [5, 5.41) is 0. The van der Waals surface area contributed by atoms with Gasteiger partial charge in [0.25, 0.3) is 0 Å². The van der Waals surface area contributed by atoms with Crippen LogP contribution in [0.15, 0.2) is 6.33 Å². The number of hydrogen-bond donors (Lipinski definition) is 1. The van der Waals surface area contributed by atoms with Gasteiger partial charge in [0.1, 0.15) is 12.0 Å². The van der Waals surface area contributed by atoms with Gasteiger partial charge in [0.05, 0.1) is 6.61 Å².